The van der Waals surface area contributed by atoms with Crippen LogP contribution >= 0.6 is 11.3 Å². The van der Waals surface area contributed by atoms with Crippen LogP contribution in [0.1, 0.15) is 11.3 Å². The van der Waals surface area contributed by atoms with E-state index in [4.69, 9.17) is 9.47 Å². The molecule has 10 nitrogen and oxygen atoms in total. The molecule has 1 aromatic rings. The zero-order chi connectivity index (χ0) is 27.2. The van der Waals surface area contributed by atoms with Gasteiger partial charge in [0.05, 0.1) is 50.4 Å². The molecule has 2 amide bonds. The highest BCUT2D eigenvalue weighted by Gasteiger charge is 2.49. The van der Waals surface area contributed by atoms with Crippen LogP contribution in [0.2, 0.25) is 0 Å². The van der Waals surface area contributed by atoms with Crippen LogP contribution in [0.3, 0.4) is 0 Å². The third-order valence-corrected chi connectivity index (χ3v) is 6.50. The monoisotopic (exact) mass is 558 g/mol. The summed E-state index contributed by atoms with van der Waals surface area (Å²) in [5.41, 5.74) is 1.19. The van der Waals surface area contributed by atoms with Crippen molar-refractivity contribution in [2.45, 2.75) is 24.8 Å². The first kappa shape index (κ1) is 28.8. The topological polar surface area (TPSA) is 109 Å². The van der Waals surface area contributed by atoms with Gasteiger partial charge in [0.15, 0.2) is 11.0 Å². The highest BCUT2D eigenvalue weighted by atomic mass is 32.1. The molecule has 1 unspecified atom stereocenters. The van der Waals surface area contributed by atoms with Gasteiger partial charge in [-0.1, -0.05) is 11.3 Å². The number of nitrogens with one attached hydrogen (secondary N) is 1. The Morgan fingerprint density at radius 2 is 1.92 bits per heavy atom. The van der Waals surface area contributed by atoms with Crippen molar-refractivity contribution < 1.29 is 45.4 Å². The third kappa shape index (κ3) is 7.85. The van der Waals surface area contributed by atoms with Crippen LogP contribution in [-0.2, 0) is 25.2 Å². The van der Waals surface area contributed by atoms with Crippen LogP contribution < -0.4 is 10.3 Å². The molecular formula is C20H24F6N6O4S. The number of ether oxygens (including phenoxy) is 2. The number of alkyl halides is 6. The number of halogens is 6. The van der Waals surface area contributed by atoms with Crippen molar-refractivity contribution in [1.82, 2.24) is 15.3 Å². The zero-order valence-electron chi connectivity index (χ0n) is 19.5. The lowest BCUT2D eigenvalue weighted by Crippen LogP contribution is -2.49. The van der Waals surface area contributed by atoms with E-state index >= 15 is 0 Å². The first-order valence-corrected chi connectivity index (χ1v) is 11.8. The summed E-state index contributed by atoms with van der Waals surface area (Å²) in [5, 5.41) is 3.62. The first-order valence-electron chi connectivity index (χ1n) is 11.0. The number of carbonyl (C=O) groups is 2. The van der Waals surface area contributed by atoms with Gasteiger partial charge in [0.25, 0.3) is 5.91 Å². The smallest absolute Gasteiger partial charge is 0.382 e. The molecule has 0 spiro atoms. The van der Waals surface area contributed by atoms with E-state index in [0.29, 0.717) is 37.5 Å². The Balaban J connectivity index is 1.46. The summed E-state index contributed by atoms with van der Waals surface area (Å²) in [6.07, 6.45) is -7.72. The Morgan fingerprint density at radius 1 is 1.22 bits per heavy atom. The Labute approximate surface area is 211 Å². The van der Waals surface area contributed by atoms with Gasteiger partial charge in [0, 0.05) is 33.3 Å². The highest BCUT2D eigenvalue weighted by molar-refractivity contribution is 7.15. The number of piperazine rings is 1. The number of hydrogen-bond acceptors (Lipinski definition) is 9. The molecule has 37 heavy (non-hydrogen) atoms. The fourth-order valence-corrected chi connectivity index (χ4v) is 4.45. The molecule has 0 saturated carbocycles. The van der Waals surface area contributed by atoms with Crippen LogP contribution in [0.5, 0.6) is 0 Å². The molecule has 3 rings (SSSR count). The van der Waals surface area contributed by atoms with Gasteiger partial charge in [0.2, 0.25) is 5.91 Å². The molecule has 2 aliphatic rings. The molecule has 1 fully saturated rings. The van der Waals surface area contributed by atoms with Crippen molar-refractivity contribution in [3.63, 3.8) is 0 Å². The van der Waals surface area contributed by atoms with Gasteiger partial charge < -0.3 is 19.3 Å². The normalized spacial score (nSPS) is 20.9. The maximum atomic E-state index is 13.3. The Morgan fingerprint density at radius 3 is 2.51 bits per heavy atom. The largest absolute Gasteiger partial charge is 0.427 e. The van der Waals surface area contributed by atoms with Gasteiger partial charge in [0.1, 0.15) is 4.88 Å². The minimum atomic E-state index is -4.86. The lowest BCUT2D eigenvalue weighted by Gasteiger charge is -2.34. The number of hydrazone groups is 1. The molecule has 0 radical (unpaired) electrons. The van der Waals surface area contributed by atoms with Gasteiger partial charge in [-0.25, -0.2) is 10.4 Å². The number of nitrogens with zero attached hydrogens (tertiary/aromatic N) is 5. The lowest BCUT2D eigenvalue weighted by atomic mass is 10.0. The van der Waals surface area contributed by atoms with E-state index in [0.717, 1.165) is 12.4 Å². The van der Waals surface area contributed by atoms with E-state index < -0.39 is 40.8 Å². The Bertz CT molecular complexity index is 1010. The number of hydrogen-bond donors (Lipinski definition) is 1. The quantitative estimate of drug-likeness (QED) is 0.367. The van der Waals surface area contributed by atoms with E-state index in [2.05, 4.69) is 15.1 Å². The number of methoxy groups -OCH3 is 1. The van der Waals surface area contributed by atoms with E-state index in [9.17, 15) is 35.9 Å². The fourth-order valence-electron chi connectivity index (χ4n) is 3.61. The number of anilines is 1. The SMILES string of the molecule is COC[C@@H](COCCC(=O)N1CCN(c2ncc(C(F)(F)F)s2)CC1)N=C1C=NNC(=O)C1C(F)(F)F. The zero-order valence-corrected chi connectivity index (χ0v) is 20.3. The number of carbonyl (C=O) groups excluding carboxylic acids is 2. The molecule has 1 aromatic heterocycles. The first-order chi connectivity index (χ1) is 17.4. The Hall–Kier alpha value is -2.79. The summed E-state index contributed by atoms with van der Waals surface area (Å²) >= 11 is 0.546. The number of amides is 2. The molecule has 2 aliphatic heterocycles. The second-order valence-electron chi connectivity index (χ2n) is 8.07. The van der Waals surface area contributed by atoms with Crippen LogP contribution in [0, 0.1) is 5.92 Å². The molecule has 1 saturated heterocycles. The van der Waals surface area contributed by atoms with Crippen molar-refractivity contribution in [2.75, 3.05) is 58.0 Å². The number of aliphatic imine (C=N–C) groups is 1. The molecule has 1 N–H and O–H groups in total. The van der Waals surface area contributed by atoms with E-state index in [1.54, 1.807) is 15.2 Å². The fraction of sp³-hybridized carbons (Fsp3) is 0.650. The summed E-state index contributed by atoms with van der Waals surface area (Å²) in [4.78, 5) is 34.3. The maximum Gasteiger partial charge on any atom is 0.427 e. The van der Waals surface area contributed by atoms with Crippen LogP contribution in [0.4, 0.5) is 31.5 Å². The molecule has 3 heterocycles. The molecular weight excluding hydrogens is 534 g/mol. The summed E-state index contributed by atoms with van der Waals surface area (Å²) in [5.74, 6) is -4.04. The van der Waals surface area contributed by atoms with Gasteiger partial charge in [-0.15, -0.1) is 0 Å². The van der Waals surface area contributed by atoms with Crippen LogP contribution in [0.15, 0.2) is 16.3 Å². The van der Waals surface area contributed by atoms with Crippen molar-refractivity contribution in [3.8, 4) is 0 Å². The minimum absolute atomic E-state index is 0.0131. The maximum absolute atomic E-state index is 13.3. The van der Waals surface area contributed by atoms with Crippen molar-refractivity contribution >= 4 is 40.2 Å². The molecule has 2 atom stereocenters. The number of rotatable bonds is 9. The summed E-state index contributed by atoms with van der Waals surface area (Å²) in [7, 11) is 1.33. The van der Waals surface area contributed by atoms with E-state index in [1.165, 1.54) is 7.11 Å². The molecule has 206 valence electrons. The van der Waals surface area contributed by atoms with Crippen molar-refractivity contribution in [1.29, 1.82) is 0 Å². The van der Waals surface area contributed by atoms with Gasteiger partial charge in [-0.3, -0.25) is 14.6 Å². The second-order valence-corrected chi connectivity index (χ2v) is 9.08. The summed E-state index contributed by atoms with van der Waals surface area (Å²) in [6, 6.07) is -0.874. The van der Waals surface area contributed by atoms with E-state index in [1.807, 2.05) is 0 Å². The third-order valence-electron chi connectivity index (χ3n) is 5.39. The average molecular weight is 559 g/mol. The molecule has 0 aromatic carbocycles. The predicted molar refractivity (Wildman–Crippen MR) is 121 cm³/mol. The van der Waals surface area contributed by atoms with Gasteiger partial charge in [-0.05, 0) is 0 Å². The van der Waals surface area contributed by atoms with Gasteiger partial charge in [-0.2, -0.15) is 31.4 Å². The predicted octanol–water partition coefficient (Wildman–Crippen LogP) is 1.97. The van der Waals surface area contributed by atoms with Gasteiger partial charge >= 0.3 is 12.4 Å². The Kier molecular flexibility index (Phi) is 9.46. The van der Waals surface area contributed by atoms with Crippen molar-refractivity contribution in [3.05, 3.63) is 11.1 Å². The molecule has 0 aliphatic carbocycles. The van der Waals surface area contributed by atoms with Crippen molar-refractivity contribution in [2.24, 2.45) is 16.0 Å². The summed E-state index contributed by atoms with van der Waals surface area (Å²) < 4.78 is 88.5. The molecule has 0 bridgehead atoms. The van der Waals surface area contributed by atoms with Crippen LogP contribution in [0.25, 0.3) is 0 Å². The minimum Gasteiger partial charge on any atom is -0.382 e. The van der Waals surface area contributed by atoms with E-state index in [-0.39, 0.29) is 37.3 Å². The number of thiazole rings is 1. The second kappa shape index (κ2) is 12.2. The summed E-state index contributed by atoms with van der Waals surface area (Å²) in [6.45, 7) is 0.930. The number of aromatic nitrogens is 1. The molecule has 17 heteroatoms. The van der Waals surface area contributed by atoms with Crippen LogP contribution in [-0.4, -0.2) is 99.0 Å². The standard InChI is InChI=1S/C20H24F6N6O4S/c1-35-10-12(29-13-8-28-30-17(34)16(13)20(24,25)26)11-36-7-2-15(33)31-3-5-32(6-4-31)18-27-9-14(37-18)19(21,22)23/h8-9,12,16H,2-7,10-11H2,1H3,(H,30,34)/t12-,16?/m0/s1. The highest BCUT2D eigenvalue weighted by Crippen LogP contribution is 2.36. The lowest BCUT2D eigenvalue weighted by molar-refractivity contribution is -0.168. The average Bonchev–Trinajstić information content (AvgIpc) is 3.32.